The molecule has 1 aromatic heterocycles. The largest absolute Gasteiger partial charge is 0.377 e. The molecule has 0 aliphatic heterocycles. The first-order valence-corrected chi connectivity index (χ1v) is 10.9. The van der Waals surface area contributed by atoms with Gasteiger partial charge in [0.25, 0.3) is 0 Å². The van der Waals surface area contributed by atoms with E-state index in [1.165, 1.54) is 12.0 Å². The highest BCUT2D eigenvalue weighted by molar-refractivity contribution is 5.91. The van der Waals surface area contributed by atoms with E-state index in [-0.39, 0.29) is 5.41 Å². The number of allylic oxidation sites excluding steroid dienone is 1. The minimum atomic E-state index is -0.906. The molecular formula is C25H29NO2. The van der Waals surface area contributed by atoms with Gasteiger partial charge in [-0.05, 0) is 86.8 Å². The molecule has 3 saturated carbocycles. The highest BCUT2D eigenvalue weighted by Gasteiger charge is 2.62. The minimum Gasteiger partial charge on any atom is -0.377 e. The topological polar surface area (TPSA) is 50.2 Å². The van der Waals surface area contributed by atoms with Crippen molar-refractivity contribution in [1.82, 2.24) is 4.98 Å². The summed E-state index contributed by atoms with van der Waals surface area (Å²) in [4.78, 5) is 16.0. The predicted octanol–water partition coefficient (Wildman–Crippen LogP) is 4.31. The fourth-order valence-corrected chi connectivity index (χ4v) is 7.01. The molecule has 0 bridgehead atoms. The fourth-order valence-electron chi connectivity index (χ4n) is 7.01. The molecule has 1 heterocycles. The number of aliphatic hydroxyl groups is 1. The van der Waals surface area contributed by atoms with Crippen LogP contribution in [0.5, 0.6) is 0 Å². The molecule has 0 spiro atoms. The number of carbonyl (C=O) groups excluding carboxylic acids is 1. The molecule has 146 valence electrons. The van der Waals surface area contributed by atoms with Gasteiger partial charge in [-0.3, -0.25) is 9.78 Å². The summed E-state index contributed by atoms with van der Waals surface area (Å²) in [5.74, 6) is 9.32. The van der Waals surface area contributed by atoms with E-state index in [1.807, 2.05) is 18.2 Å². The summed E-state index contributed by atoms with van der Waals surface area (Å²) in [6.07, 6.45) is 13.5. The molecule has 4 aliphatic rings. The van der Waals surface area contributed by atoms with Crippen LogP contribution in [0.4, 0.5) is 0 Å². The van der Waals surface area contributed by atoms with Gasteiger partial charge in [0.05, 0.1) is 0 Å². The molecule has 0 saturated heterocycles. The number of hydrogen-bond donors (Lipinski definition) is 1. The fraction of sp³-hybridized carbons (Fsp3) is 0.600. The Bertz CT molecular complexity index is 879. The summed E-state index contributed by atoms with van der Waals surface area (Å²) in [6.45, 7) is 2.29. The maximum Gasteiger partial charge on any atom is 0.155 e. The Kier molecular flexibility index (Phi) is 4.25. The van der Waals surface area contributed by atoms with Gasteiger partial charge in [-0.25, -0.2) is 0 Å². The Hall–Kier alpha value is -1.92. The SMILES string of the molecule is C[C@]12CC[C@@H]3[C@@H](CCC4=CC(=O)CC[C@@H]43)[C@H]1CC[C@]2(O)C#Cc1cccnc1. The lowest BCUT2D eigenvalue weighted by Crippen LogP contribution is -2.52. The first-order chi connectivity index (χ1) is 13.5. The number of nitrogens with zero attached hydrogens (tertiary/aromatic N) is 1. The maximum absolute atomic E-state index is 11.9. The second-order valence-electron chi connectivity index (χ2n) is 9.65. The van der Waals surface area contributed by atoms with Crippen molar-refractivity contribution in [3.05, 3.63) is 41.7 Å². The molecular weight excluding hydrogens is 346 g/mol. The van der Waals surface area contributed by atoms with E-state index in [9.17, 15) is 9.90 Å². The van der Waals surface area contributed by atoms with Crippen LogP contribution in [0, 0.1) is 40.9 Å². The molecule has 0 aromatic carbocycles. The molecule has 6 atom stereocenters. The standard InChI is InChI=1S/C25H29NO2/c1-24-11-9-21-20-7-5-19(27)15-18(20)4-6-22(21)23(24)10-13-25(24,28)12-8-17-3-2-14-26-16-17/h2-3,14-16,20-23,28H,4-7,9-11,13H2,1H3/t20-,21-,22+,23+,24-,25+/m0/s1. The molecule has 5 rings (SSSR count). The van der Waals surface area contributed by atoms with Crippen LogP contribution in [-0.4, -0.2) is 21.5 Å². The van der Waals surface area contributed by atoms with Crippen molar-refractivity contribution in [2.75, 3.05) is 0 Å². The van der Waals surface area contributed by atoms with Crippen molar-refractivity contribution in [3.8, 4) is 11.8 Å². The average Bonchev–Trinajstić information content (AvgIpc) is 2.98. The Morgan fingerprint density at radius 1 is 1.14 bits per heavy atom. The molecule has 0 radical (unpaired) electrons. The molecule has 1 aromatic rings. The van der Waals surface area contributed by atoms with E-state index in [0.29, 0.717) is 29.5 Å². The lowest BCUT2D eigenvalue weighted by atomic mass is 9.50. The zero-order valence-corrected chi connectivity index (χ0v) is 16.7. The van der Waals surface area contributed by atoms with Crippen LogP contribution in [-0.2, 0) is 4.79 Å². The highest BCUT2D eigenvalue weighted by atomic mass is 16.3. The third-order valence-corrected chi connectivity index (χ3v) is 8.53. The number of rotatable bonds is 0. The van der Waals surface area contributed by atoms with Crippen molar-refractivity contribution in [1.29, 1.82) is 0 Å². The number of hydrogen-bond acceptors (Lipinski definition) is 3. The summed E-state index contributed by atoms with van der Waals surface area (Å²) >= 11 is 0. The van der Waals surface area contributed by atoms with E-state index in [4.69, 9.17) is 0 Å². The second kappa shape index (κ2) is 6.56. The number of pyridine rings is 1. The Labute approximate surface area is 167 Å². The number of carbonyl (C=O) groups is 1. The zero-order valence-electron chi connectivity index (χ0n) is 16.7. The molecule has 3 nitrogen and oxygen atoms in total. The van der Waals surface area contributed by atoms with Crippen LogP contribution in [0.3, 0.4) is 0 Å². The summed E-state index contributed by atoms with van der Waals surface area (Å²) in [6, 6.07) is 3.84. The third-order valence-electron chi connectivity index (χ3n) is 8.53. The van der Waals surface area contributed by atoms with Crippen molar-refractivity contribution >= 4 is 5.78 Å². The van der Waals surface area contributed by atoms with Gasteiger partial charge in [-0.1, -0.05) is 24.3 Å². The van der Waals surface area contributed by atoms with Crippen LogP contribution in [0.15, 0.2) is 36.2 Å². The lowest BCUT2D eigenvalue weighted by molar-refractivity contribution is -0.116. The Morgan fingerprint density at radius 3 is 2.86 bits per heavy atom. The summed E-state index contributed by atoms with van der Waals surface area (Å²) < 4.78 is 0. The van der Waals surface area contributed by atoms with E-state index in [1.54, 1.807) is 12.4 Å². The molecule has 4 aliphatic carbocycles. The first kappa shape index (κ1) is 18.1. The number of fused-ring (bicyclic) bond motifs is 5. The van der Waals surface area contributed by atoms with Crippen LogP contribution < -0.4 is 0 Å². The average molecular weight is 376 g/mol. The van der Waals surface area contributed by atoms with Gasteiger partial charge in [0, 0.05) is 29.8 Å². The summed E-state index contributed by atoms with van der Waals surface area (Å²) in [5, 5.41) is 11.6. The van der Waals surface area contributed by atoms with Gasteiger partial charge in [-0.15, -0.1) is 0 Å². The zero-order chi connectivity index (χ0) is 19.4. The molecule has 3 heteroatoms. The van der Waals surface area contributed by atoms with Crippen molar-refractivity contribution in [2.24, 2.45) is 29.1 Å². The van der Waals surface area contributed by atoms with E-state index >= 15 is 0 Å². The van der Waals surface area contributed by atoms with Crippen molar-refractivity contribution < 1.29 is 9.90 Å². The minimum absolute atomic E-state index is 0.130. The first-order valence-electron chi connectivity index (χ1n) is 10.9. The van der Waals surface area contributed by atoms with E-state index in [0.717, 1.165) is 50.5 Å². The van der Waals surface area contributed by atoms with Crippen LogP contribution in [0.1, 0.15) is 63.9 Å². The molecule has 0 amide bonds. The molecule has 1 N–H and O–H groups in total. The lowest BCUT2D eigenvalue weighted by Gasteiger charge is -2.54. The van der Waals surface area contributed by atoms with Crippen molar-refractivity contribution in [2.45, 2.75) is 63.9 Å². The van der Waals surface area contributed by atoms with Crippen molar-refractivity contribution in [3.63, 3.8) is 0 Å². The van der Waals surface area contributed by atoms with Crippen LogP contribution >= 0.6 is 0 Å². The Morgan fingerprint density at radius 2 is 2.04 bits per heavy atom. The van der Waals surface area contributed by atoms with Gasteiger partial charge in [0.1, 0.15) is 5.60 Å². The maximum atomic E-state index is 11.9. The quantitative estimate of drug-likeness (QED) is 0.688. The van der Waals surface area contributed by atoms with Crippen LogP contribution in [0.25, 0.3) is 0 Å². The molecule has 28 heavy (non-hydrogen) atoms. The highest BCUT2D eigenvalue weighted by Crippen LogP contribution is 2.64. The normalized spacial score (nSPS) is 41.8. The summed E-state index contributed by atoms with van der Waals surface area (Å²) in [5.41, 5.74) is 1.26. The van der Waals surface area contributed by atoms with E-state index < -0.39 is 5.60 Å². The van der Waals surface area contributed by atoms with Gasteiger partial charge < -0.3 is 5.11 Å². The van der Waals surface area contributed by atoms with Gasteiger partial charge in [0.2, 0.25) is 0 Å². The summed E-state index contributed by atoms with van der Waals surface area (Å²) in [7, 11) is 0. The molecule has 3 fully saturated rings. The number of ketones is 1. The van der Waals surface area contributed by atoms with Gasteiger partial charge in [0.15, 0.2) is 5.78 Å². The predicted molar refractivity (Wildman–Crippen MR) is 108 cm³/mol. The number of aromatic nitrogens is 1. The monoisotopic (exact) mass is 375 g/mol. The second-order valence-corrected chi connectivity index (χ2v) is 9.65. The van der Waals surface area contributed by atoms with Gasteiger partial charge in [-0.2, -0.15) is 0 Å². The molecule has 0 unspecified atom stereocenters. The van der Waals surface area contributed by atoms with Gasteiger partial charge >= 0.3 is 0 Å². The van der Waals surface area contributed by atoms with E-state index in [2.05, 4.69) is 23.7 Å². The third kappa shape index (κ3) is 2.69. The Balaban J connectivity index is 1.42. The smallest absolute Gasteiger partial charge is 0.155 e. The van der Waals surface area contributed by atoms with Crippen LogP contribution in [0.2, 0.25) is 0 Å².